The van der Waals surface area contributed by atoms with Crippen molar-refractivity contribution in [3.05, 3.63) is 46.4 Å². The Balaban J connectivity index is 1.51. The number of halogens is 1. The molecule has 1 aliphatic heterocycles. The van der Waals surface area contributed by atoms with E-state index in [1.54, 1.807) is 11.3 Å². The van der Waals surface area contributed by atoms with Gasteiger partial charge in [-0.2, -0.15) is 0 Å². The summed E-state index contributed by atoms with van der Waals surface area (Å²) in [6.07, 6.45) is 1.86. The summed E-state index contributed by atoms with van der Waals surface area (Å²) < 4.78 is 0. The second kappa shape index (κ2) is 6.95. The molecule has 0 aliphatic carbocycles. The maximum atomic E-state index is 6.09. The number of nitrogens with zero attached hydrogens (tertiary/aromatic N) is 3. The van der Waals surface area contributed by atoms with Crippen LogP contribution in [0.3, 0.4) is 0 Å². The first-order valence-electron chi connectivity index (χ1n) is 6.93. The average Bonchev–Trinajstić information content (AvgIpc) is 3.04. The molecule has 0 N–H and O–H groups in total. The third-order valence-electron chi connectivity index (χ3n) is 3.46. The molecule has 2 aromatic rings. The molecule has 3 nitrogen and oxygen atoms in total. The van der Waals surface area contributed by atoms with E-state index in [4.69, 9.17) is 11.6 Å². The fourth-order valence-electron chi connectivity index (χ4n) is 2.28. The molecule has 1 aromatic carbocycles. The maximum absolute atomic E-state index is 6.09. The van der Waals surface area contributed by atoms with Crippen LogP contribution in [0, 0.1) is 11.8 Å². The van der Waals surface area contributed by atoms with Crippen molar-refractivity contribution in [2.75, 3.05) is 37.6 Å². The van der Waals surface area contributed by atoms with Crippen LogP contribution in [-0.2, 0) is 0 Å². The second-order valence-corrected chi connectivity index (χ2v) is 6.14. The third-order valence-corrected chi connectivity index (χ3v) is 4.62. The minimum absolute atomic E-state index is 0.721. The lowest BCUT2D eigenvalue weighted by atomic mass is 10.2. The van der Waals surface area contributed by atoms with Crippen LogP contribution >= 0.6 is 22.9 Å². The summed E-state index contributed by atoms with van der Waals surface area (Å²) in [6, 6.07) is 7.71. The molecule has 1 fully saturated rings. The number of aromatic nitrogens is 1. The van der Waals surface area contributed by atoms with Gasteiger partial charge in [0, 0.05) is 43.3 Å². The monoisotopic (exact) mass is 317 g/mol. The lowest BCUT2D eigenvalue weighted by molar-refractivity contribution is 0.288. The summed E-state index contributed by atoms with van der Waals surface area (Å²) in [7, 11) is 0. The van der Waals surface area contributed by atoms with Crippen molar-refractivity contribution in [3.63, 3.8) is 0 Å². The number of anilines is 1. The maximum Gasteiger partial charge on any atom is 0.185 e. The lowest BCUT2D eigenvalue weighted by Gasteiger charge is -2.33. The van der Waals surface area contributed by atoms with Crippen LogP contribution in [-0.4, -0.2) is 42.6 Å². The van der Waals surface area contributed by atoms with Crippen molar-refractivity contribution >= 4 is 28.1 Å². The summed E-state index contributed by atoms with van der Waals surface area (Å²) in [5.41, 5.74) is 0.903. The highest BCUT2D eigenvalue weighted by molar-refractivity contribution is 7.13. The van der Waals surface area contributed by atoms with Crippen molar-refractivity contribution in [3.8, 4) is 11.8 Å². The summed E-state index contributed by atoms with van der Waals surface area (Å²) >= 11 is 7.79. The molecule has 0 saturated carbocycles. The van der Waals surface area contributed by atoms with E-state index in [9.17, 15) is 0 Å². The van der Waals surface area contributed by atoms with Gasteiger partial charge < -0.3 is 4.90 Å². The fourth-order valence-corrected chi connectivity index (χ4v) is 3.16. The molecule has 2 heterocycles. The van der Waals surface area contributed by atoms with Crippen LogP contribution in [0.2, 0.25) is 5.02 Å². The number of benzene rings is 1. The Morgan fingerprint density at radius 2 is 2.00 bits per heavy atom. The SMILES string of the molecule is Clc1ccccc1C#CCN1CCN(c2nccs2)CC1. The van der Waals surface area contributed by atoms with Crippen LogP contribution in [0.15, 0.2) is 35.8 Å². The normalized spacial score (nSPS) is 15.6. The van der Waals surface area contributed by atoms with Gasteiger partial charge in [-0.05, 0) is 12.1 Å². The zero-order chi connectivity index (χ0) is 14.5. The molecular formula is C16H16ClN3S. The molecule has 0 unspecified atom stereocenters. The van der Waals surface area contributed by atoms with Gasteiger partial charge >= 0.3 is 0 Å². The van der Waals surface area contributed by atoms with E-state index in [2.05, 4.69) is 26.6 Å². The van der Waals surface area contributed by atoms with E-state index in [0.717, 1.165) is 48.4 Å². The smallest absolute Gasteiger partial charge is 0.185 e. The lowest BCUT2D eigenvalue weighted by Crippen LogP contribution is -2.46. The van der Waals surface area contributed by atoms with E-state index in [0.29, 0.717) is 0 Å². The molecule has 108 valence electrons. The van der Waals surface area contributed by atoms with Gasteiger partial charge in [-0.25, -0.2) is 4.98 Å². The zero-order valence-electron chi connectivity index (χ0n) is 11.6. The molecule has 1 aliphatic rings. The fraction of sp³-hybridized carbons (Fsp3) is 0.312. The predicted molar refractivity (Wildman–Crippen MR) is 89.1 cm³/mol. The molecule has 0 amide bonds. The van der Waals surface area contributed by atoms with Gasteiger partial charge in [0.25, 0.3) is 0 Å². The highest BCUT2D eigenvalue weighted by Crippen LogP contribution is 2.18. The number of thiazole rings is 1. The number of piperazine rings is 1. The first kappa shape index (κ1) is 14.4. The quantitative estimate of drug-likeness (QED) is 0.794. The van der Waals surface area contributed by atoms with Crippen LogP contribution in [0.1, 0.15) is 5.56 Å². The van der Waals surface area contributed by atoms with Crippen molar-refractivity contribution in [2.24, 2.45) is 0 Å². The Labute approximate surface area is 134 Å². The standard InChI is InChI=1S/C16H16ClN3S/c17-15-6-2-1-4-14(15)5-3-8-19-9-11-20(12-10-19)16-18-7-13-21-16/h1-2,4,6-7,13H,8-12H2. The molecular weight excluding hydrogens is 302 g/mol. The molecule has 1 aromatic heterocycles. The second-order valence-electron chi connectivity index (χ2n) is 4.86. The predicted octanol–water partition coefficient (Wildman–Crippen LogP) is 2.97. The van der Waals surface area contributed by atoms with E-state index >= 15 is 0 Å². The van der Waals surface area contributed by atoms with Gasteiger partial charge in [-0.3, -0.25) is 4.90 Å². The van der Waals surface area contributed by atoms with Crippen molar-refractivity contribution < 1.29 is 0 Å². The molecule has 5 heteroatoms. The molecule has 0 radical (unpaired) electrons. The Morgan fingerprint density at radius 3 is 2.71 bits per heavy atom. The summed E-state index contributed by atoms with van der Waals surface area (Å²) in [6.45, 7) is 4.87. The molecule has 3 rings (SSSR count). The first-order chi connectivity index (χ1) is 10.3. The van der Waals surface area contributed by atoms with E-state index < -0.39 is 0 Å². The minimum Gasteiger partial charge on any atom is -0.346 e. The van der Waals surface area contributed by atoms with Gasteiger partial charge in [0.1, 0.15) is 0 Å². The number of hydrogen-bond donors (Lipinski definition) is 0. The highest BCUT2D eigenvalue weighted by atomic mass is 35.5. The van der Waals surface area contributed by atoms with Crippen LogP contribution in [0.5, 0.6) is 0 Å². The molecule has 1 saturated heterocycles. The molecule has 0 bridgehead atoms. The first-order valence-corrected chi connectivity index (χ1v) is 8.19. The van der Waals surface area contributed by atoms with E-state index in [1.165, 1.54) is 0 Å². The highest BCUT2D eigenvalue weighted by Gasteiger charge is 2.17. The van der Waals surface area contributed by atoms with E-state index in [1.807, 2.05) is 35.8 Å². The van der Waals surface area contributed by atoms with Crippen LogP contribution in [0.4, 0.5) is 5.13 Å². The summed E-state index contributed by atoms with van der Waals surface area (Å²) in [5, 5.41) is 3.87. The molecule has 21 heavy (non-hydrogen) atoms. The Bertz CT molecular complexity index is 637. The van der Waals surface area contributed by atoms with Gasteiger partial charge in [-0.15, -0.1) is 11.3 Å². The Morgan fingerprint density at radius 1 is 1.19 bits per heavy atom. The minimum atomic E-state index is 0.721. The van der Waals surface area contributed by atoms with Crippen LogP contribution in [0.25, 0.3) is 0 Å². The van der Waals surface area contributed by atoms with Gasteiger partial charge in [0.15, 0.2) is 5.13 Å². The van der Waals surface area contributed by atoms with Crippen LogP contribution < -0.4 is 4.90 Å². The van der Waals surface area contributed by atoms with Crippen molar-refractivity contribution in [1.29, 1.82) is 0 Å². The van der Waals surface area contributed by atoms with Gasteiger partial charge in [0.05, 0.1) is 11.6 Å². The summed E-state index contributed by atoms with van der Waals surface area (Å²) in [5.74, 6) is 6.37. The zero-order valence-corrected chi connectivity index (χ0v) is 13.2. The van der Waals surface area contributed by atoms with Crippen molar-refractivity contribution in [2.45, 2.75) is 0 Å². The van der Waals surface area contributed by atoms with Crippen molar-refractivity contribution in [1.82, 2.24) is 9.88 Å². The molecule has 0 atom stereocenters. The van der Waals surface area contributed by atoms with E-state index in [-0.39, 0.29) is 0 Å². The number of hydrogen-bond acceptors (Lipinski definition) is 4. The largest absolute Gasteiger partial charge is 0.346 e. The Hall–Kier alpha value is -1.54. The van der Waals surface area contributed by atoms with Gasteiger partial charge in [0.2, 0.25) is 0 Å². The number of rotatable bonds is 2. The third kappa shape index (κ3) is 3.76. The summed E-state index contributed by atoms with van der Waals surface area (Å²) in [4.78, 5) is 9.06. The Kier molecular flexibility index (Phi) is 4.76. The molecule has 0 spiro atoms. The average molecular weight is 318 g/mol. The topological polar surface area (TPSA) is 19.4 Å². The van der Waals surface area contributed by atoms with Gasteiger partial charge in [-0.1, -0.05) is 35.6 Å².